The number of fused-ring (bicyclic) bond motifs is 1. The molecule has 3 heterocycles. The van der Waals surface area contributed by atoms with Crippen LogP contribution in [0.4, 0.5) is 0 Å². The molecule has 1 aromatic heterocycles. The minimum Gasteiger partial charge on any atom is -0.332 e. The highest BCUT2D eigenvalue weighted by Crippen LogP contribution is 2.22. The van der Waals surface area contributed by atoms with Gasteiger partial charge >= 0.3 is 0 Å². The van der Waals surface area contributed by atoms with Crippen molar-refractivity contribution in [1.29, 1.82) is 0 Å². The lowest BCUT2D eigenvalue weighted by molar-refractivity contribution is -0.132. The number of aryl methyl sites for hydroxylation is 1. The normalized spacial score (nSPS) is 20.2. The van der Waals surface area contributed by atoms with Gasteiger partial charge < -0.3 is 9.80 Å². The largest absolute Gasteiger partial charge is 0.332 e. The molecule has 2 aliphatic heterocycles. The van der Waals surface area contributed by atoms with Gasteiger partial charge in [0.2, 0.25) is 5.91 Å². The maximum absolute atomic E-state index is 12.6. The monoisotopic (exact) mass is 331 g/mol. The molecule has 1 atom stereocenters. The Morgan fingerprint density at radius 1 is 1.25 bits per heavy atom. The van der Waals surface area contributed by atoms with Crippen molar-refractivity contribution in [3.05, 3.63) is 23.3 Å². The average Bonchev–Trinajstić information content (AvgIpc) is 3.03. The highest BCUT2D eigenvalue weighted by atomic mass is 16.2. The third kappa shape index (κ3) is 3.92. The van der Waals surface area contributed by atoms with Gasteiger partial charge in [-0.3, -0.25) is 9.69 Å². The van der Waals surface area contributed by atoms with Gasteiger partial charge in [0.15, 0.2) is 0 Å². The summed E-state index contributed by atoms with van der Waals surface area (Å²) in [4.78, 5) is 28.3. The summed E-state index contributed by atoms with van der Waals surface area (Å²) in [5.41, 5.74) is 2.13. The Bertz CT molecular complexity index is 583. The number of hydrogen-bond acceptors (Lipinski definition) is 5. The predicted molar refractivity (Wildman–Crippen MR) is 93.4 cm³/mol. The number of amides is 1. The third-order valence-electron chi connectivity index (χ3n) is 5.31. The molecule has 0 aromatic carbocycles. The standard InChI is InChI=1S/C18H29N5O/c1-4-17-19-11-15-12-23(13-16(15)20-17)18(24)6-5-14(2)22-9-7-21(3)8-10-22/h11,14H,4-10,12-13H2,1-3H3/t14-/m0/s1. The average molecular weight is 331 g/mol. The van der Waals surface area contributed by atoms with Crippen LogP contribution < -0.4 is 0 Å². The van der Waals surface area contributed by atoms with Gasteiger partial charge in [-0.25, -0.2) is 9.97 Å². The number of likely N-dealkylation sites (N-methyl/N-ethyl adjacent to an activating group) is 1. The van der Waals surface area contributed by atoms with Crippen LogP contribution in [0.3, 0.4) is 0 Å². The lowest BCUT2D eigenvalue weighted by atomic mass is 10.1. The van der Waals surface area contributed by atoms with Crippen molar-refractivity contribution in [2.24, 2.45) is 0 Å². The Kier molecular flexibility index (Phi) is 5.46. The molecule has 24 heavy (non-hydrogen) atoms. The highest BCUT2D eigenvalue weighted by molar-refractivity contribution is 5.76. The van der Waals surface area contributed by atoms with Crippen molar-refractivity contribution in [2.45, 2.75) is 52.2 Å². The van der Waals surface area contributed by atoms with E-state index in [-0.39, 0.29) is 5.91 Å². The molecule has 0 aliphatic carbocycles. The Hall–Kier alpha value is -1.53. The van der Waals surface area contributed by atoms with Crippen LogP contribution in [0.1, 0.15) is 43.8 Å². The van der Waals surface area contributed by atoms with Gasteiger partial charge in [-0.05, 0) is 20.4 Å². The van der Waals surface area contributed by atoms with Gasteiger partial charge in [-0.1, -0.05) is 6.92 Å². The second-order valence-electron chi connectivity index (χ2n) is 7.09. The van der Waals surface area contributed by atoms with Crippen molar-refractivity contribution < 1.29 is 4.79 Å². The topological polar surface area (TPSA) is 52.6 Å². The van der Waals surface area contributed by atoms with Crippen molar-refractivity contribution in [2.75, 3.05) is 33.2 Å². The van der Waals surface area contributed by atoms with E-state index in [1.54, 1.807) is 0 Å². The minimum atomic E-state index is 0.243. The molecular formula is C18H29N5O. The van der Waals surface area contributed by atoms with E-state index in [4.69, 9.17) is 0 Å². The smallest absolute Gasteiger partial charge is 0.223 e. The fraction of sp³-hybridized carbons (Fsp3) is 0.722. The van der Waals surface area contributed by atoms with Crippen molar-refractivity contribution >= 4 is 5.91 Å². The zero-order valence-corrected chi connectivity index (χ0v) is 15.2. The van der Waals surface area contributed by atoms with E-state index >= 15 is 0 Å². The summed E-state index contributed by atoms with van der Waals surface area (Å²) in [7, 11) is 2.17. The minimum absolute atomic E-state index is 0.243. The molecule has 6 heteroatoms. The SMILES string of the molecule is CCc1ncc2c(n1)CN(C(=O)CC[C@H](C)N1CCN(C)CC1)C2. The van der Waals surface area contributed by atoms with Crippen LogP contribution in [0.15, 0.2) is 6.20 Å². The first-order valence-electron chi connectivity index (χ1n) is 9.11. The van der Waals surface area contributed by atoms with E-state index in [9.17, 15) is 4.79 Å². The molecule has 3 rings (SSSR count). The highest BCUT2D eigenvalue weighted by Gasteiger charge is 2.26. The molecule has 1 amide bonds. The van der Waals surface area contributed by atoms with E-state index in [0.717, 1.165) is 56.1 Å². The van der Waals surface area contributed by atoms with E-state index in [1.165, 1.54) is 0 Å². The van der Waals surface area contributed by atoms with Crippen LogP contribution in [-0.2, 0) is 24.3 Å². The van der Waals surface area contributed by atoms with Gasteiger partial charge in [0.1, 0.15) is 5.82 Å². The maximum Gasteiger partial charge on any atom is 0.223 e. The van der Waals surface area contributed by atoms with Crippen LogP contribution in [0.5, 0.6) is 0 Å². The Morgan fingerprint density at radius 3 is 2.71 bits per heavy atom. The molecular weight excluding hydrogens is 302 g/mol. The molecule has 0 bridgehead atoms. The molecule has 1 fully saturated rings. The number of hydrogen-bond donors (Lipinski definition) is 0. The second kappa shape index (κ2) is 7.57. The molecule has 2 aliphatic rings. The van der Waals surface area contributed by atoms with E-state index in [0.29, 0.717) is 25.6 Å². The van der Waals surface area contributed by atoms with Gasteiger partial charge in [-0.2, -0.15) is 0 Å². The van der Waals surface area contributed by atoms with Crippen molar-refractivity contribution in [1.82, 2.24) is 24.7 Å². The van der Waals surface area contributed by atoms with Crippen molar-refractivity contribution in [3.8, 4) is 0 Å². The summed E-state index contributed by atoms with van der Waals surface area (Å²) in [5.74, 6) is 1.11. The quantitative estimate of drug-likeness (QED) is 0.814. The van der Waals surface area contributed by atoms with E-state index < -0.39 is 0 Å². The maximum atomic E-state index is 12.6. The fourth-order valence-corrected chi connectivity index (χ4v) is 3.48. The van der Waals surface area contributed by atoms with E-state index in [2.05, 4.69) is 40.7 Å². The van der Waals surface area contributed by atoms with Gasteiger partial charge in [0.05, 0.1) is 12.2 Å². The van der Waals surface area contributed by atoms with Crippen LogP contribution in [0.25, 0.3) is 0 Å². The molecule has 0 N–H and O–H groups in total. The summed E-state index contributed by atoms with van der Waals surface area (Å²) in [5, 5.41) is 0. The second-order valence-corrected chi connectivity index (χ2v) is 7.09. The molecule has 0 radical (unpaired) electrons. The number of rotatable bonds is 5. The molecule has 0 saturated carbocycles. The Labute approximate surface area is 144 Å². The number of carbonyl (C=O) groups is 1. The summed E-state index contributed by atoms with van der Waals surface area (Å²) in [6, 6.07) is 0.471. The van der Waals surface area contributed by atoms with Crippen LogP contribution in [-0.4, -0.2) is 69.8 Å². The Morgan fingerprint density at radius 2 is 2.00 bits per heavy atom. The Balaban J connectivity index is 1.48. The molecule has 132 valence electrons. The van der Waals surface area contributed by atoms with Crippen LogP contribution in [0, 0.1) is 0 Å². The molecule has 6 nitrogen and oxygen atoms in total. The summed E-state index contributed by atoms with van der Waals surface area (Å²) >= 11 is 0. The van der Waals surface area contributed by atoms with E-state index in [1.807, 2.05) is 11.1 Å². The van der Waals surface area contributed by atoms with Crippen molar-refractivity contribution in [3.63, 3.8) is 0 Å². The van der Waals surface area contributed by atoms with Crippen LogP contribution in [0.2, 0.25) is 0 Å². The zero-order chi connectivity index (χ0) is 17.1. The first-order valence-corrected chi connectivity index (χ1v) is 9.11. The number of aromatic nitrogens is 2. The van der Waals surface area contributed by atoms with Crippen LogP contribution >= 0.6 is 0 Å². The lowest BCUT2D eigenvalue weighted by Crippen LogP contribution is -2.48. The molecule has 0 unspecified atom stereocenters. The third-order valence-corrected chi connectivity index (χ3v) is 5.31. The van der Waals surface area contributed by atoms with Gasteiger partial charge in [0, 0.05) is 63.4 Å². The summed E-state index contributed by atoms with van der Waals surface area (Å²) < 4.78 is 0. The van der Waals surface area contributed by atoms with Gasteiger partial charge in [0.25, 0.3) is 0 Å². The summed E-state index contributed by atoms with van der Waals surface area (Å²) in [6.45, 7) is 10.1. The van der Waals surface area contributed by atoms with Gasteiger partial charge in [-0.15, -0.1) is 0 Å². The molecule has 1 aromatic rings. The molecule has 0 spiro atoms. The number of carbonyl (C=O) groups excluding carboxylic acids is 1. The first-order chi connectivity index (χ1) is 11.6. The number of piperazine rings is 1. The predicted octanol–water partition coefficient (Wildman–Crippen LogP) is 1.30. The lowest BCUT2D eigenvalue weighted by Gasteiger charge is -2.36. The number of nitrogens with zero attached hydrogens (tertiary/aromatic N) is 5. The first kappa shape index (κ1) is 17.3. The fourth-order valence-electron chi connectivity index (χ4n) is 3.48. The summed E-state index contributed by atoms with van der Waals surface area (Å²) in [6.07, 6.45) is 4.28. The zero-order valence-electron chi connectivity index (χ0n) is 15.2. The molecule has 1 saturated heterocycles.